The Labute approximate surface area is 176 Å². The van der Waals surface area contributed by atoms with Crippen molar-refractivity contribution in [3.63, 3.8) is 0 Å². The zero-order valence-electron chi connectivity index (χ0n) is 18.6. The summed E-state index contributed by atoms with van der Waals surface area (Å²) in [5.74, 6) is 1.95. The fourth-order valence-corrected chi connectivity index (χ4v) is 4.26. The van der Waals surface area contributed by atoms with Gasteiger partial charge in [0.1, 0.15) is 5.76 Å². The number of furan rings is 1. The molecule has 0 aliphatic carbocycles. The SMILES string of the molecule is CCNC(=NCC(C)N1CCN(C)CC1)NCC(c1ccco1)N1CCCCC1. The van der Waals surface area contributed by atoms with Gasteiger partial charge in [0.2, 0.25) is 0 Å². The summed E-state index contributed by atoms with van der Waals surface area (Å²) in [5, 5.41) is 7.00. The number of piperazine rings is 1. The third-order valence-corrected chi connectivity index (χ3v) is 6.18. The van der Waals surface area contributed by atoms with E-state index in [2.05, 4.69) is 52.3 Å². The molecule has 3 rings (SSSR count). The smallest absolute Gasteiger partial charge is 0.191 e. The van der Waals surface area contributed by atoms with Gasteiger partial charge in [0, 0.05) is 45.3 Å². The highest BCUT2D eigenvalue weighted by atomic mass is 16.3. The maximum absolute atomic E-state index is 5.77. The van der Waals surface area contributed by atoms with Crippen molar-refractivity contribution in [1.82, 2.24) is 25.3 Å². The lowest BCUT2D eigenvalue weighted by Gasteiger charge is -2.36. The van der Waals surface area contributed by atoms with Crippen LogP contribution >= 0.6 is 0 Å². The average molecular weight is 405 g/mol. The molecule has 2 fully saturated rings. The van der Waals surface area contributed by atoms with E-state index in [1.807, 2.05) is 6.07 Å². The van der Waals surface area contributed by atoms with Crippen molar-refractivity contribution in [3.05, 3.63) is 24.2 Å². The minimum atomic E-state index is 0.254. The maximum atomic E-state index is 5.77. The van der Waals surface area contributed by atoms with Gasteiger partial charge in [-0.3, -0.25) is 14.8 Å². The maximum Gasteiger partial charge on any atom is 0.191 e. The Morgan fingerprint density at radius 2 is 1.83 bits per heavy atom. The molecule has 0 radical (unpaired) electrons. The molecule has 3 heterocycles. The van der Waals surface area contributed by atoms with Gasteiger partial charge in [-0.05, 0) is 59.0 Å². The Kier molecular flexibility index (Phi) is 8.83. The van der Waals surface area contributed by atoms with Crippen LogP contribution in [0.3, 0.4) is 0 Å². The number of likely N-dealkylation sites (N-methyl/N-ethyl adjacent to an activating group) is 1. The minimum absolute atomic E-state index is 0.254. The van der Waals surface area contributed by atoms with E-state index in [0.29, 0.717) is 6.04 Å². The van der Waals surface area contributed by atoms with Crippen LogP contribution in [0.25, 0.3) is 0 Å². The third kappa shape index (κ3) is 6.73. The molecule has 2 aliphatic rings. The molecular weight excluding hydrogens is 364 g/mol. The van der Waals surface area contributed by atoms with Crippen LogP contribution in [-0.2, 0) is 0 Å². The van der Waals surface area contributed by atoms with Crippen molar-refractivity contribution in [2.45, 2.75) is 45.2 Å². The Morgan fingerprint density at radius 1 is 1.07 bits per heavy atom. The van der Waals surface area contributed by atoms with Gasteiger partial charge >= 0.3 is 0 Å². The highest BCUT2D eigenvalue weighted by Crippen LogP contribution is 2.24. The molecule has 0 amide bonds. The van der Waals surface area contributed by atoms with Crippen molar-refractivity contribution in [1.29, 1.82) is 0 Å². The number of guanidine groups is 1. The highest BCUT2D eigenvalue weighted by molar-refractivity contribution is 5.79. The molecule has 2 aliphatic heterocycles. The van der Waals surface area contributed by atoms with Crippen molar-refractivity contribution in [2.75, 3.05) is 66.0 Å². The number of rotatable bonds is 8. The lowest BCUT2D eigenvalue weighted by Crippen LogP contribution is -2.49. The van der Waals surface area contributed by atoms with Gasteiger partial charge < -0.3 is 20.0 Å². The Morgan fingerprint density at radius 3 is 2.48 bits per heavy atom. The largest absolute Gasteiger partial charge is 0.468 e. The van der Waals surface area contributed by atoms with Gasteiger partial charge in [-0.25, -0.2) is 0 Å². The van der Waals surface area contributed by atoms with Crippen LogP contribution in [0.1, 0.15) is 44.9 Å². The van der Waals surface area contributed by atoms with Gasteiger partial charge in [-0.1, -0.05) is 6.42 Å². The molecule has 7 heteroatoms. The van der Waals surface area contributed by atoms with Crippen LogP contribution in [0, 0.1) is 0 Å². The summed E-state index contributed by atoms with van der Waals surface area (Å²) in [6.07, 6.45) is 5.66. The van der Waals surface area contributed by atoms with Crippen LogP contribution in [0.5, 0.6) is 0 Å². The van der Waals surface area contributed by atoms with Crippen molar-refractivity contribution < 1.29 is 4.42 Å². The summed E-state index contributed by atoms with van der Waals surface area (Å²) in [4.78, 5) is 12.4. The summed E-state index contributed by atoms with van der Waals surface area (Å²) < 4.78 is 5.77. The first-order chi connectivity index (χ1) is 14.2. The van der Waals surface area contributed by atoms with E-state index in [0.717, 1.165) is 70.6 Å². The standard InChI is InChI=1S/C22H40N6O/c1-4-23-22(24-17-19(2)27-14-12-26(3)13-15-27)25-18-20(21-9-8-16-29-21)28-10-6-5-7-11-28/h8-9,16,19-20H,4-7,10-15,17-18H2,1-3H3,(H2,23,24,25). The van der Waals surface area contributed by atoms with E-state index in [4.69, 9.17) is 9.41 Å². The summed E-state index contributed by atoms with van der Waals surface area (Å²) in [7, 11) is 2.20. The second kappa shape index (κ2) is 11.6. The third-order valence-electron chi connectivity index (χ3n) is 6.18. The number of hydrogen-bond acceptors (Lipinski definition) is 5. The van der Waals surface area contributed by atoms with Gasteiger partial charge in [0.05, 0.1) is 18.8 Å². The molecule has 1 aromatic heterocycles. The van der Waals surface area contributed by atoms with Crippen LogP contribution in [0.4, 0.5) is 0 Å². The number of nitrogens with zero attached hydrogens (tertiary/aromatic N) is 4. The molecule has 0 spiro atoms. The molecule has 0 saturated carbocycles. The van der Waals surface area contributed by atoms with Crippen molar-refractivity contribution in [2.24, 2.45) is 4.99 Å². The second-order valence-corrected chi connectivity index (χ2v) is 8.42. The number of piperidine rings is 1. The Bertz CT molecular complexity index is 590. The molecule has 2 N–H and O–H groups in total. The van der Waals surface area contributed by atoms with Crippen molar-refractivity contribution >= 4 is 5.96 Å². The molecule has 164 valence electrons. The van der Waals surface area contributed by atoms with E-state index in [1.54, 1.807) is 6.26 Å². The number of nitrogens with one attached hydrogen (secondary N) is 2. The second-order valence-electron chi connectivity index (χ2n) is 8.42. The van der Waals surface area contributed by atoms with E-state index in [1.165, 1.54) is 19.3 Å². The summed E-state index contributed by atoms with van der Waals surface area (Å²) in [6.45, 7) is 13.7. The molecule has 0 aromatic carbocycles. The van der Waals surface area contributed by atoms with E-state index in [9.17, 15) is 0 Å². The van der Waals surface area contributed by atoms with E-state index >= 15 is 0 Å². The molecule has 29 heavy (non-hydrogen) atoms. The fraction of sp³-hybridized carbons (Fsp3) is 0.773. The van der Waals surface area contributed by atoms with E-state index in [-0.39, 0.29) is 6.04 Å². The molecular formula is C22H40N6O. The number of hydrogen-bond donors (Lipinski definition) is 2. The van der Waals surface area contributed by atoms with Gasteiger partial charge in [-0.15, -0.1) is 0 Å². The predicted octanol–water partition coefficient (Wildman–Crippen LogP) is 2.00. The normalized spacial score (nSPS) is 22.4. The van der Waals surface area contributed by atoms with Crippen LogP contribution in [0.2, 0.25) is 0 Å². The highest BCUT2D eigenvalue weighted by Gasteiger charge is 2.25. The number of likely N-dealkylation sites (tertiary alicyclic amines) is 1. The minimum Gasteiger partial charge on any atom is -0.468 e. The van der Waals surface area contributed by atoms with Gasteiger partial charge in [0.25, 0.3) is 0 Å². The first-order valence-corrected chi connectivity index (χ1v) is 11.4. The average Bonchev–Trinajstić information content (AvgIpc) is 3.27. The lowest BCUT2D eigenvalue weighted by molar-refractivity contribution is 0.122. The molecule has 2 unspecified atom stereocenters. The monoisotopic (exact) mass is 404 g/mol. The van der Waals surface area contributed by atoms with Gasteiger partial charge in [-0.2, -0.15) is 0 Å². The molecule has 2 saturated heterocycles. The zero-order valence-corrected chi connectivity index (χ0v) is 18.6. The van der Waals surface area contributed by atoms with Crippen LogP contribution in [0.15, 0.2) is 27.8 Å². The number of aliphatic imine (C=N–C) groups is 1. The molecule has 0 bridgehead atoms. The molecule has 7 nitrogen and oxygen atoms in total. The summed E-state index contributed by atoms with van der Waals surface area (Å²) >= 11 is 0. The van der Waals surface area contributed by atoms with Crippen molar-refractivity contribution in [3.8, 4) is 0 Å². The predicted molar refractivity (Wildman–Crippen MR) is 119 cm³/mol. The Hall–Kier alpha value is -1.57. The van der Waals surface area contributed by atoms with Crippen LogP contribution < -0.4 is 10.6 Å². The molecule has 1 aromatic rings. The first kappa shape index (κ1) is 22.1. The van der Waals surface area contributed by atoms with E-state index < -0.39 is 0 Å². The lowest BCUT2D eigenvalue weighted by atomic mass is 10.1. The Balaban J connectivity index is 1.56. The van der Waals surface area contributed by atoms with Crippen LogP contribution in [-0.4, -0.2) is 92.7 Å². The fourth-order valence-electron chi connectivity index (χ4n) is 4.26. The summed E-state index contributed by atoms with van der Waals surface area (Å²) in [5.41, 5.74) is 0. The topological polar surface area (TPSA) is 59.3 Å². The first-order valence-electron chi connectivity index (χ1n) is 11.4. The van der Waals surface area contributed by atoms with Gasteiger partial charge in [0.15, 0.2) is 5.96 Å². The summed E-state index contributed by atoms with van der Waals surface area (Å²) in [6, 6.07) is 4.80. The zero-order chi connectivity index (χ0) is 20.5. The quantitative estimate of drug-likeness (QED) is 0.511. The molecule has 2 atom stereocenters.